The van der Waals surface area contributed by atoms with Gasteiger partial charge in [-0.15, -0.1) is 5.10 Å². The number of oxime groups is 1. The Balaban J connectivity index is 1.96. The highest BCUT2D eigenvalue weighted by Gasteiger charge is 2.12. The number of benzene rings is 2. The van der Waals surface area contributed by atoms with Crippen LogP contribution in [-0.2, 0) is 0 Å². The molecule has 3 rings (SSSR count). The molecule has 104 valence electrons. The van der Waals surface area contributed by atoms with E-state index in [1.807, 2.05) is 54.6 Å². The molecule has 0 fully saturated rings. The molecular formula is C15H13N5O. The van der Waals surface area contributed by atoms with E-state index in [-0.39, 0.29) is 5.84 Å². The van der Waals surface area contributed by atoms with Gasteiger partial charge in [-0.3, -0.25) is 0 Å². The number of nitrogens with zero attached hydrogens (tertiary/aromatic N) is 5. The molecule has 3 aromatic rings. The van der Waals surface area contributed by atoms with Gasteiger partial charge < -0.3 is 5.21 Å². The highest BCUT2D eigenvalue weighted by atomic mass is 16.4. The lowest BCUT2D eigenvalue weighted by Crippen LogP contribution is -2.17. The van der Waals surface area contributed by atoms with E-state index in [0.717, 1.165) is 16.7 Å². The SMILES string of the molecule is Cc1nnnn1C(=NO)c1ccc(-c2ccccc2)cc1. The summed E-state index contributed by atoms with van der Waals surface area (Å²) >= 11 is 0. The Morgan fingerprint density at radius 1 is 1.00 bits per heavy atom. The summed E-state index contributed by atoms with van der Waals surface area (Å²) in [5, 5.41) is 23.7. The van der Waals surface area contributed by atoms with Crippen LogP contribution in [0.25, 0.3) is 11.1 Å². The van der Waals surface area contributed by atoms with Gasteiger partial charge in [0, 0.05) is 5.56 Å². The van der Waals surface area contributed by atoms with Crippen LogP contribution in [0.2, 0.25) is 0 Å². The highest BCUT2D eigenvalue weighted by molar-refractivity contribution is 5.99. The summed E-state index contributed by atoms with van der Waals surface area (Å²) in [6.07, 6.45) is 0. The van der Waals surface area contributed by atoms with Gasteiger partial charge in [0.15, 0.2) is 5.82 Å². The monoisotopic (exact) mass is 279 g/mol. The van der Waals surface area contributed by atoms with Crippen LogP contribution in [0.1, 0.15) is 11.4 Å². The van der Waals surface area contributed by atoms with Gasteiger partial charge >= 0.3 is 0 Å². The van der Waals surface area contributed by atoms with Crippen LogP contribution in [0.15, 0.2) is 59.8 Å². The van der Waals surface area contributed by atoms with Crippen molar-refractivity contribution in [3.8, 4) is 11.1 Å². The molecule has 1 heterocycles. The first-order valence-electron chi connectivity index (χ1n) is 6.43. The van der Waals surface area contributed by atoms with Crippen molar-refractivity contribution in [1.82, 2.24) is 20.2 Å². The molecule has 1 aromatic heterocycles. The van der Waals surface area contributed by atoms with Gasteiger partial charge in [0.1, 0.15) is 0 Å². The Labute approximate surface area is 121 Å². The number of aromatic nitrogens is 4. The number of hydrogen-bond acceptors (Lipinski definition) is 5. The van der Waals surface area contributed by atoms with Gasteiger partial charge in [0.2, 0.25) is 5.84 Å². The Morgan fingerprint density at radius 3 is 2.24 bits per heavy atom. The Morgan fingerprint density at radius 2 is 1.67 bits per heavy atom. The lowest BCUT2D eigenvalue weighted by molar-refractivity contribution is 0.316. The van der Waals surface area contributed by atoms with E-state index in [1.165, 1.54) is 4.68 Å². The van der Waals surface area contributed by atoms with E-state index < -0.39 is 0 Å². The zero-order valence-electron chi connectivity index (χ0n) is 11.4. The quantitative estimate of drug-likeness (QED) is 0.338. The molecule has 0 spiro atoms. The summed E-state index contributed by atoms with van der Waals surface area (Å²) in [7, 11) is 0. The fourth-order valence-electron chi connectivity index (χ4n) is 2.09. The van der Waals surface area contributed by atoms with E-state index in [1.54, 1.807) is 6.92 Å². The molecule has 1 N–H and O–H groups in total. The van der Waals surface area contributed by atoms with Crippen molar-refractivity contribution < 1.29 is 5.21 Å². The average molecular weight is 279 g/mol. The van der Waals surface area contributed by atoms with Gasteiger partial charge in [-0.2, -0.15) is 4.68 Å². The molecule has 21 heavy (non-hydrogen) atoms. The van der Waals surface area contributed by atoms with Crippen molar-refractivity contribution in [3.63, 3.8) is 0 Å². The van der Waals surface area contributed by atoms with E-state index >= 15 is 0 Å². The van der Waals surface area contributed by atoms with E-state index in [9.17, 15) is 5.21 Å². The summed E-state index contributed by atoms with van der Waals surface area (Å²) in [5.41, 5.74) is 2.95. The van der Waals surface area contributed by atoms with Gasteiger partial charge in [-0.25, -0.2) is 0 Å². The highest BCUT2D eigenvalue weighted by Crippen LogP contribution is 2.19. The summed E-state index contributed by atoms with van der Waals surface area (Å²) in [6.45, 7) is 1.74. The first-order chi connectivity index (χ1) is 10.3. The van der Waals surface area contributed by atoms with Crippen LogP contribution in [0.5, 0.6) is 0 Å². The minimum Gasteiger partial charge on any atom is -0.409 e. The maximum absolute atomic E-state index is 9.23. The summed E-state index contributed by atoms with van der Waals surface area (Å²) in [5.74, 6) is 0.840. The lowest BCUT2D eigenvalue weighted by atomic mass is 10.0. The zero-order chi connectivity index (χ0) is 14.7. The second-order valence-corrected chi connectivity index (χ2v) is 4.50. The topological polar surface area (TPSA) is 76.2 Å². The van der Waals surface area contributed by atoms with E-state index in [0.29, 0.717) is 5.82 Å². The average Bonchev–Trinajstić information content (AvgIpc) is 2.96. The number of tetrazole rings is 1. The summed E-state index contributed by atoms with van der Waals surface area (Å²) in [4.78, 5) is 0. The van der Waals surface area contributed by atoms with Crippen molar-refractivity contribution in [3.05, 3.63) is 66.0 Å². The van der Waals surface area contributed by atoms with Crippen molar-refractivity contribution in [2.75, 3.05) is 0 Å². The van der Waals surface area contributed by atoms with Crippen LogP contribution in [0, 0.1) is 6.92 Å². The van der Waals surface area contributed by atoms with Gasteiger partial charge in [-0.1, -0.05) is 59.8 Å². The normalized spacial score (nSPS) is 11.6. The lowest BCUT2D eigenvalue weighted by Gasteiger charge is -2.06. The van der Waals surface area contributed by atoms with Crippen molar-refractivity contribution in [2.24, 2.45) is 5.16 Å². The third kappa shape index (κ3) is 2.51. The Bertz CT molecular complexity index is 762. The molecule has 0 aliphatic rings. The predicted molar refractivity (Wildman–Crippen MR) is 78.2 cm³/mol. The molecular weight excluding hydrogens is 266 g/mol. The molecule has 0 saturated carbocycles. The third-order valence-corrected chi connectivity index (χ3v) is 3.17. The molecule has 0 unspecified atom stereocenters. The van der Waals surface area contributed by atoms with Gasteiger partial charge in [0.25, 0.3) is 0 Å². The molecule has 0 aliphatic carbocycles. The third-order valence-electron chi connectivity index (χ3n) is 3.17. The molecule has 0 atom stereocenters. The van der Waals surface area contributed by atoms with Crippen LogP contribution in [-0.4, -0.2) is 31.3 Å². The minimum atomic E-state index is 0.289. The second-order valence-electron chi connectivity index (χ2n) is 4.50. The first kappa shape index (κ1) is 13.0. The molecule has 2 aromatic carbocycles. The molecule has 0 saturated heterocycles. The van der Waals surface area contributed by atoms with E-state index in [4.69, 9.17) is 0 Å². The first-order valence-corrected chi connectivity index (χ1v) is 6.43. The maximum Gasteiger partial charge on any atom is 0.203 e. The largest absolute Gasteiger partial charge is 0.409 e. The molecule has 6 nitrogen and oxygen atoms in total. The summed E-state index contributed by atoms with van der Waals surface area (Å²) in [6, 6.07) is 17.7. The van der Waals surface area contributed by atoms with Gasteiger partial charge in [0.05, 0.1) is 0 Å². The minimum absolute atomic E-state index is 0.289. The molecule has 0 amide bonds. The molecule has 0 aliphatic heterocycles. The zero-order valence-corrected chi connectivity index (χ0v) is 11.4. The number of hydrogen-bond donors (Lipinski definition) is 1. The molecule has 0 bridgehead atoms. The van der Waals surface area contributed by atoms with Crippen LogP contribution in [0.3, 0.4) is 0 Å². The molecule has 6 heteroatoms. The van der Waals surface area contributed by atoms with Crippen LogP contribution >= 0.6 is 0 Å². The van der Waals surface area contributed by atoms with Crippen molar-refractivity contribution >= 4 is 5.84 Å². The Hall–Kier alpha value is -3.02. The van der Waals surface area contributed by atoms with Crippen molar-refractivity contribution in [1.29, 1.82) is 0 Å². The second kappa shape index (κ2) is 5.54. The standard InChI is InChI=1S/C15H13N5O/c1-11-16-18-19-20(11)15(17-21)14-9-7-13(8-10-14)12-5-3-2-4-6-12/h2-10,21H,1H3. The van der Waals surface area contributed by atoms with Crippen LogP contribution < -0.4 is 0 Å². The molecule has 0 radical (unpaired) electrons. The summed E-state index contributed by atoms with van der Waals surface area (Å²) < 4.78 is 1.39. The predicted octanol–water partition coefficient (Wildman–Crippen LogP) is 2.33. The van der Waals surface area contributed by atoms with Crippen molar-refractivity contribution in [2.45, 2.75) is 6.92 Å². The smallest absolute Gasteiger partial charge is 0.203 e. The Kier molecular flexibility index (Phi) is 3.42. The maximum atomic E-state index is 9.23. The van der Waals surface area contributed by atoms with Crippen LogP contribution in [0.4, 0.5) is 0 Å². The fraction of sp³-hybridized carbons (Fsp3) is 0.0667. The van der Waals surface area contributed by atoms with Gasteiger partial charge in [-0.05, 0) is 28.5 Å². The fourth-order valence-corrected chi connectivity index (χ4v) is 2.09. The van der Waals surface area contributed by atoms with E-state index in [2.05, 4.69) is 20.7 Å². The number of rotatable bonds is 2. The number of aryl methyl sites for hydroxylation is 1.